The molecule has 0 unspecified atom stereocenters. The van der Waals surface area contributed by atoms with Crippen molar-refractivity contribution in [2.45, 2.75) is 18.9 Å². The molecule has 0 radical (unpaired) electrons. The van der Waals surface area contributed by atoms with Crippen molar-refractivity contribution < 1.29 is 9.90 Å². The Bertz CT molecular complexity index is 368. The minimum Gasteiger partial charge on any atom is -0.481 e. The summed E-state index contributed by atoms with van der Waals surface area (Å²) in [5, 5.41) is 8.96. The number of carbonyl (C=O) groups is 1. The molecule has 14 heavy (non-hydrogen) atoms. The molecule has 0 bridgehead atoms. The summed E-state index contributed by atoms with van der Waals surface area (Å²) in [6, 6.07) is 0. The van der Waals surface area contributed by atoms with Gasteiger partial charge < -0.3 is 10.8 Å². The number of anilines is 1. The first kappa shape index (κ1) is 10.8. The molecule has 0 atom stereocenters. The zero-order valence-corrected chi connectivity index (χ0v) is 8.76. The molecule has 0 aliphatic carbocycles. The van der Waals surface area contributed by atoms with E-state index in [0.29, 0.717) is 10.8 Å². The second kappa shape index (κ2) is 4.28. The smallest absolute Gasteiger partial charge is 0.313 e. The average Bonchev–Trinajstić information content (AvgIpc) is 2.09. The maximum absolute atomic E-state index is 10.3. The van der Waals surface area contributed by atoms with Crippen molar-refractivity contribution in [3.63, 3.8) is 0 Å². The molecule has 1 heterocycles. The third-order valence-corrected chi connectivity index (χ3v) is 2.60. The number of carboxylic acids is 1. The van der Waals surface area contributed by atoms with Crippen molar-refractivity contribution in [2.75, 3.05) is 11.5 Å². The van der Waals surface area contributed by atoms with Crippen molar-refractivity contribution in [1.29, 1.82) is 0 Å². The molecule has 1 aromatic rings. The Labute approximate surface area is 85.7 Å². The van der Waals surface area contributed by atoms with Gasteiger partial charge in [0.1, 0.15) is 5.03 Å². The standard InChI is InChI=1S/C8H11N3O2S/c1-4-5(2)11-8(7(9)10-4)14-3-6(12)13/h3H2,1-2H3,(H2,9,10)(H,12,13). The van der Waals surface area contributed by atoms with E-state index in [0.717, 1.165) is 23.1 Å². The Morgan fingerprint density at radius 3 is 2.57 bits per heavy atom. The summed E-state index contributed by atoms with van der Waals surface area (Å²) in [5.41, 5.74) is 7.13. The second-order valence-electron chi connectivity index (χ2n) is 2.77. The lowest BCUT2D eigenvalue weighted by atomic mass is 10.3. The van der Waals surface area contributed by atoms with Crippen molar-refractivity contribution >= 4 is 23.5 Å². The lowest BCUT2D eigenvalue weighted by molar-refractivity contribution is -0.133. The van der Waals surface area contributed by atoms with Gasteiger partial charge in [-0.05, 0) is 13.8 Å². The molecule has 5 nitrogen and oxygen atoms in total. The molecule has 1 rings (SSSR count). The fraction of sp³-hybridized carbons (Fsp3) is 0.375. The van der Waals surface area contributed by atoms with Gasteiger partial charge in [-0.3, -0.25) is 4.79 Å². The fourth-order valence-electron chi connectivity index (χ4n) is 0.836. The van der Waals surface area contributed by atoms with Crippen molar-refractivity contribution in [3.05, 3.63) is 11.4 Å². The Balaban J connectivity index is 2.87. The van der Waals surface area contributed by atoms with Crippen LogP contribution in [0.15, 0.2) is 5.03 Å². The average molecular weight is 213 g/mol. The van der Waals surface area contributed by atoms with Gasteiger partial charge in [0.25, 0.3) is 0 Å². The van der Waals surface area contributed by atoms with Crippen molar-refractivity contribution in [3.8, 4) is 0 Å². The molecular formula is C8H11N3O2S. The summed E-state index contributed by atoms with van der Waals surface area (Å²) in [7, 11) is 0. The Morgan fingerprint density at radius 1 is 1.43 bits per heavy atom. The van der Waals surface area contributed by atoms with Crippen LogP contribution in [0.2, 0.25) is 0 Å². The van der Waals surface area contributed by atoms with E-state index >= 15 is 0 Å². The summed E-state index contributed by atoms with van der Waals surface area (Å²) >= 11 is 1.08. The van der Waals surface area contributed by atoms with Gasteiger partial charge in [-0.15, -0.1) is 0 Å². The number of aryl methyl sites for hydroxylation is 2. The molecular weight excluding hydrogens is 202 g/mol. The van der Waals surface area contributed by atoms with E-state index in [9.17, 15) is 4.79 Å². The summed E-state index contributed by atoms with van der Waals surface area (Å²) in [5.74, 6) is -0.657. The van der Waals surface area contributed by atoms with Crippen LogP contribution < -0.4 is 5.73 Å². The molecule has 0 spiro atoms. The normalized spacial score (nSPS) is 10.1. The SMILES string of the molecule is Cc1nc(N)c(SCC(=O)O)nc1C. The summed E-state index contributed by atoms with van der Waals surface area (Å²) < 4.78 is 0. The molecule has 0 amide bonds. The van der Waals surface area contributed by atoms with Gasteiger partial charge >= 0.3 is 5.97 Å². The van der Waals surface area contributed by atoms with Gasteiger partial charge in [0.15, 0.2) is 5.82 Å². The van der Waals surface area contributed by atoms with E-state index in [2.05, 4.69) is 9.97 Å². The van der Waals surface area contributed by atoms with Crippen LogP contribution in [0, 0.1) is 13.8 Å². The molecule has 0 aromatic carbocycles. The van der Waals surface area contributed by atoms with E-state index in [1.54, 1.807) is 0 Å². The van der Waals surface area contributed by atoms with Gasteiger partial charge in [0.2, 0.25) is 0 Å². The number of aromatic nitrogens is 2. The molecule has 1 aromatic heterocycles. The summed E-state index contributed by atoms with van der Waals surface area (Å²) in [6.07, 6.45) is 0. The highest BCUT2D eigenvalue weighted by Gasteiger charge is 2.08. The number of carboxylic acid groups (broad SMARTS) is 1. The highest BCUT2D eigenvalue weighted by atomic mass is 32.2. The molecule has 6 heteroatoms. The van der Waals surface area contributed by atoms with Crippen LogP contribution in [0.1, 0.15) is 11.4 Å². The van der Waals surface area contributed by atoms with E-state index < -0.39 is 5.97 Å². The van der Waals surface area contributed by atoms with Gasteiger partial charge in [-0.1, -0.05) is 11.8 Å². The first-order chi connectivity index (χ1) is 6.50. The molecule has 0 fully saturated rings. The monoisotopic (exact) mass is 213 g/mol. The van der Waals surface area contributed by atoms with Gasteiger partial charge in [-0.2, -0.15) is 0 Å². The van der Waals surface area contributed by atoms with Crippen LogP contribution in [0.4, 0.5) is 5.82 Å². The lowest BCUT2D eigenvalue weighted by Crippen LogP contribution is -2.04. The van der Waals surface area contributed by atoms with E-state index in [1.807, 2.05) is 13.8 Å². The summed E-state index contributed by atoms with van der Waals surface area (Å²) in [4.78, 5) is 18.5. The third-order valence-electron chi connectivity index (χ3n) is 1.63. The largest absolute Gasteiger partial charge is 0.481 e. The fourth-order valence-corrected chi connectivity index (χ4v) is 1.49. The van der Waals surface area contributed by atoms with Gasteiger partial charge in [-0.25, -0.2) is 9.97 Å². The number of hydrogen-bond donors (Lipinski definition) is 2. The number of nitrogen functional groups attached to an aromatic ring is 1. The van der Waals surface area contributed by atoms with Crippen LogP contribution in [-0.2, 0) is 4.79 Å². The molecule has 0 saturated carbocycles. The van der Waals surface area contributed by atoms with E-state index in [1.165, 1.54) is 0 Å². The highest BCUT2D eigenvalue weighted by molar-refractivity contribution is 8.00. The molecule has 0 aliphatic rings. The number of nitrogens with zero attached hydrogens (tertiary/aromatic N) is 2. The van der Waals surface area contributed by atoms with Crippen molar-refractivity contribution in [2.24, 2.45) is 0 Å². The van der Waals surface area contributed by atoms with Crippen LogP contribution in [-0.4, -0.2) is 26.8 Å². The minimum absolute atomic E-state index is 0.0542. The lowest BCUT2D eigenvalue weighted by Gasteiger charge is -2.05. The highest BCUT2D eigenvalue weighted by Crippen LogP contribution is 2.21. The van der Waals surface area contributed by atoms with Crippen molar-refractivity contribution in [1.82, 2.24) is 9.97 Å². The van der Waals surface area contributed by atoms with Gasteiger partial charge in [0, 0.05) is 0 Å². The maximum atomic E-state index is 10.3. The topological polar surface area (TPSA) is 89.1 Å². The minimum atomic E-state index is -0.894. The van der Waals surface area contributed by atoms with Crippen LogP contribution in [0.25, 0.3) is 0 Å². The Hall–Kier alpha value is -1.30. The van der Waals surface area contributed by atoms with Crippen LogP contribution >= 0.6 is 11.8 Å². The first-order valence-corrected chi connectivity index (χ1v) is 4.94. The molecule has 76 valence electrons. The second-order valence-corrected chi connectivity index (χ2v) is 3.73. The van der Waals surface area contributed by atoms with Crippen LogP contribution in [0.3, 0.4) is 0 Å². The Kier molecular flexibility index (Phi) is 3.29. The molecule has 3 N–H and O–H groups in total. The Morgan fingerprint density at radius 2 is 2.00 bits per heavy atom. The number of hydrogen-bond acceptors (Lipinski definition) is 5. The van der Waals surface area contributed by atoms with E-state index in [4.69, 9.17) is 10.8 Å². The predicted molar refractivity (Wildman–Crippen MR) is 54.3 cm³/mol. The third kappa shape index (κ3) is 2.59. The predicted octanol–water partition coefficient (Wildman–Crippen LogP) is 0.852. The van der Waals surface area contributed by atoms with Gasteiger partial charge in [0.05, 0.1) is 17.1 Å². The summed E-state index contributed by atoms with van der Waals surface area (Å²) in [6.45, 7) is 3.62. The molecule has 0 saturated heterocycles. The quantitative estimate of drug-likeness (QED) is 0.723. The number of rotatable bonds is 3. The zero-order chi connectivity index (χ0) is 10.7. The number of aliphatic carboxylic acids is 1. The van der Waals surface area contributed by atoms with Crippen LogP contribution in [0.5, 0.6) is 0 Å². The number of nitrogens with two attached hydrogens (primary N) is 1. The zero-order valence-electron chi connectivity index (χ0n) is 7.94. The maximum Gasteiger partial charge on any atom is 0.313 e. The first-order valence-electron chi connectivity index (χ1n) is 3.96. The number of thioether (sulfide) groups is 1. The molecule has 0 aliphatic heterocycles. The van der Waals surface area contributed by atoms with E-state index in [-0.39, 0.29) is 5.75 Å².